The van der Waals surface area contributed by atoms with Crippen LogP contribution >= 0.6 is 11.6 Å². The fourth-order valence-corrected chi connectivity index (χ4v) is 4.38. The van der Waals surface area contributed by atoms with E-state index >= 15 is 0 Å². The maximum atomic E-state index is 12.4. The molecule has 106 valence electrons. The minimum Gasteiger partial charge on any atom is -0.208 e. The van der Waals surface area contributed by atoms with Crippen molar-refractivity contribution in [3.05, 3.63) is 28.3 Å². The highest BCUT2D eigenvalue weighted by atomic mass is 35.5. The van der Waals surface area contributed by atoms with E-state index in [9.17, 15) is 8.42 Å². The van der Waals surface area contributed by atoms with Crippen molar-refractivity contribution in [2.24, 2.45) is 0 Å². The Labute approximate surface area is 120 Å². The van der Waals surface area contributed by atoms with Gasteiger partial charge < -0.3 is 0 Å². The number of sulfonamides is 1. The lowest BCUT2D eigenvalue weighted by Gasteiger charge is -2.23. The van der Waals surface area contributed by atoms with Crippen LogP contribution in [0.5, 0.6) is 0 Å². The highest BCUT2D eigenvalue weighted by molar-refractivity contribution is 7.89. The Morgan fingerprint density at radius 3 is 2.37 bits per heavy atom. The number of benzene rings is 1. The first kappa shape index (κ1) is 14.8. The number of nitrogens with one attached hydrogen (secondary N) is 1. The van der Waals surface area contributed by atoms with Crippen LogP contribution in [0.15, 0.2) is 17.0 Å². The fourth-order valence-electron chi connectivity index (χ4n) is 2.55. The molecule has 1 saturated carbocycles. The van der Waals surface area contributed by atoms with Crippen LogP contribution in [-0.2, 0) is 10.0 Å². The molecule has 0 aromatic heterocycles. The number of halogens is 1. The normalized spacial score (nSPS) is 17.6. The first-order valence-electron chi connectivity index (χ1n) is 6.69. The zero-order valence-electron chi connectivity index (χ0n) is 11.4. The molecule has 5 heteroatoms. The first-order chi connectivity index (χ1) is 8.90. The number of hydrogen-bond donors (Lipinski definition) is 1. The Morgan fingerprint density at radius 1 is 1.11 bits per heavy atom. The third kappa shape index (κ3) is 3.50. The second-order valence-corrected chi connectivity index (χ2v) is 7.41. The molecule has 0 amide bonds. The molecule has 0 unspecified atom stereocenters. The molecule has 0 atom stereocenters. The van der Waals surface area contributed by atoms with Crippen molar-refractivity contribution in [1.29, 1.82) is 0 Å². The van der Waals surface area contributed by atoms with E-state index in [1.165, 1.54) is 6.42 Å². The monoisotopic (exact) mass is 301 g/mol. The summed E-state index contributed by atoms with van der Waals surface area (Å²) in [7, 11) is -3.44. The zero-order valence-corrected chi connectivity index (χ0v) is 12.9. The van der Waals surface area contributed by atoms with Crippen LogP contribution in [0.2, 0.25) is 5.02 Å². The van der Waals surface area contributed by atoms with Gasteiger partial charge in [0.05, 0.1) is 4.90 Å². The number of aryl methyl sites for hydroxylation is 2. The molecular weight excluding hydrogens is 282 g/mol. The Bertz CT molecular complexity index is 563. The van der Waals surface area contributed by atoms with Crippen LogP contribution in [0.4, 0.5) is 0 Å². The van der Waals surface area contributed by atoms with Gasteiger partial charge in [-0.25, -0.2) is 13.1 Å². The Hall–Kier alpha value is -0.580. The molecule has 19 heavy (non-hydrogen) atoms. The van der Waals surface area contributed by atoms with Gasteiger partial charge >= 0.3 is 0 Å². The summed E-state index contributed by atoms with van der Waals surface area (Å²) in [6, 6.07) is 3.45. The molecule has 1 aromatic rings. The van der Waals surface area contributed by atoms with Crippen LogP contribution in [0, 0.1) is 13.8 Å². The average molecular weight is 302 g/mol. The van der Waals surface area contributed by atoms with E-state index in [0.29, 0.717) is 15.5 Å². The van der Waals surface area contributed by atoms with E-state index in [1.807, 2.05) is 6.92 Å². The van der Waals surface area contributed by atoms with Crippen LogP contribution in [0.1, 0.15) is 43.2 Å². The topological polar surface area (TPSA) is 46.2 Å². The molecular formula is C14H20ClNO2S. The predicted molar refractivity (Wildman–Crippen MR) is 78.1 cm³/mol. The molecule has 0 saturated heterocycles. The summed E-state index contributed by atoms with van der Waals surface area (Å²) in [5.41, 5.74) is 1.48. The SMILES string of the molecule is Cc1cc(S(=O)(=O)NC2CCCCC2)c(C)cc1Cl. The van der Waals surface area contributed by atoms with Crippen LogP contribution in [-0.4, -0.2) is 14.5 Å². The summed E-state index contributed by atoms with van der Waals surface area (Å²) in [6.07, 6.45) is 5.28. The summed E-state index contributed by atoms with van der Waals surface area (Å²) in [4.78, 5) is 0.347. The van der Waals surface area contributed by atoms with Crippen molar-refractivity contribution in [2.75, 3.05) is 0 Å². The predicted octanol–water partition coefficient (Wildman–Crippen LogP) is 3.57. The summed E-state index contributed by atoms with van der Waals surface area (Å²) in [5.74, 6) is 0. The molecule has 1 N–H and O–H groups in total. The quantitative estimate of drug-likeness (QED) is 0.927. The lowest BCUT2D eigenvalue weighted by atomic mass is 9.96. The lowest BCUT2D eigenvalue weighted by Crippen LogP contribution is -2.36. The van der Waals surface area contributed by atoms with Crippen molar-refractivity contribution >= 4 is 21.6 Å². The third-order valence-electron chi connectivity index (χ3n) is 3.67. The Morgan fingerprint density at radius 2 is 1.74 bits per heavy atom. The molecule has 1 aliphatic rings. The highest BCUT2D eigenvalue weighted by Crippen LogP contribution is 2.25. The van der Waals surface area contributed by atoms with Crippen molar-refractivity contribution < 1.29 is 8.42 Å². The summed E-state index contributed by atoms with van der Waals surface area (Å²) < 4.78 is 27.7. The van der Waals surface area contributed by atoms with Crippen molar-refractivity contribution in [3.63, 3.8) is 0 Å². The van der Waals surface area contributed by atoms with E-state index in [1.54, 1.807) is 19.1 Å². The molecule has 2 rings (SSSR count). The van der Waals surface area contributed by atoms with Gasteiger partial charge in [-0.1, -0.05) is 30.9 Å². The van der Waals surface area contributed by atoms with Crippen molar-refractivity contribution in [1.82, 2.24) is 4.72 Å². The minimum absolute atomic E-state index is 0.0779. The average Bonchev–Trinajstić information content (AvgIpc) is 2.34. The molecule has 0 heterocycles. The molecule has 0 spiro atoms. The van der Waals surface area contributed by atoms with Crippen molar-refractivity contribution in [3.8, 4) is 0 Å². The van der Waals surface area contributed by atoms with E-state index in [2.05, 4.69) is 4.72 Å². The number of hydrogen-bond acceptors (Lipinski definition) is 2. The largest absolute Gasteiger partial charge is 0.241 e. The number of rotatable bonds is 3. The molecule has 3 nitrogen and oxygen atoms in total. The van der Waals surface area contributed by atoms with Gasteiger partial charge in [0, 0.05) is 11.1 Å². The minimum atomic E-state index is -3.44. The first-order valence-corrected chi connectivity index (χ1v) is 8.55. The van der Waals surface area contributed by atoms with Gasteiger partial charge in [0.15, 0.2) is 0 Å². The molecule has 0 radical (unpaired) electrons. The summed E-state index contributed by atoms with van der Waals surface area (Å²) >= 11 is 6.01. The summed E-state index contributed by atoms with van der Waals surface area (Å²) in [6.45, 7) is 3.60. The molecule has 1 aliphatic carbocycles. The van der Waals surface area contributed by atoms with Crippen molar-refractivity contribution in [2.45, 2.75) is 56.9 Å². The van der Waals surface area contributed by atoms with Crippen LogP contribution in [0.25, 0.3) is 0 Å². The molecule has 1 aromatic carbocycles. The van der Waals surface area contributed by atoms with Gasteiger partial charge in [-0.2, -0.15) is 0 Å². The standard InChI is InChI=1S/C14H20ClNO2S/c1-10-9-14(11(2)8-13(10)15)19(17,18)16-12-6-4-3-5-7-12/h8-9,12,16H,3-7H2,1-2H3. The van der Waals surface area contributed by atoms with E-state index in [-0.39, 0.29) is 6.04 Å². The van der Waals surface area contributed by atoms with Gasteiger partial charge in [0.2, 0.25) is 10.0 Å². The Balaban J connectivity index is 2.26. The fraction of sp³-hybridized carbons (Fsp3) is 0.571. The van der Waals surface area contributed by atoms with E-state index in [0.717, 1.165) is 31.2 Å². The molecule has 1 fully saturated rings. The lowest BCUT2D eigenvalue weighted by molar-refractivity contribution is 0.412. The Kier molecular flexibility index (Phi) is 4.54. The van der Waals surface area contributed by atoms with Gasteiger partial charge in [-0.15, -0.1) is 0 Å². The second-order valence-electron chi connectivity index (χ2n) is 5.32. The van der Waals surface area contributed by atoms with E-state index < -0.39 is 10.0 Å². The summed E-state index contributed by atoms with van der Waals surface area (Å²) in [5, 5.41) is 0.606. The van der Waals surface area contributed by atoms with Gasteiger partial charge in [0.25, 0.3) is 0 Å². The second kappa shape index (κ2) is 5.81. The van der Waals surface area contributed by atoms with E-state index in [4.69, 9.17) is 11.6 Å². The van der Waals surface area contributed by atoms with Gasteiger partial charge in [-0.3, -0.25) is 0 Å². The highest BCUT2D eigenvalue weighted by Gasteiger charge is 2.23. The molecule has 0 aliphatic heterocycles. The van der Waals surface area contributed by atoms with Gasteiger partial charge in [0.1, 0.15) is 0 Å². The zero-order chi connectivity index (χ0) is 14.0. The van der Waals surface area contributed by atoms with Crippen LogP contribution in [0.3, 0.4) is 0 Å². The smallest absolute Gasteiger partial charge is 0.208 e. The molecule has 0 bridgehead atoms. The van der Waals surface area contributed by atoms with Gasteiger partial charge in [-0.05, 0) is 49.9 Å². The third-order valence-corrected chi connectivity index (χ3v) is 5.74. The maximum absolute atomic E-state index is 12.4. The van der Waals surface area contributed by atoms with Crippen LogP contribution < -0.4 is 4.72 Å². The maximum Gasteiger partial charge on any atom is 0.241 e.